The van der Waals surface area contributed by atoms with Crippen LogP contribution in [0.5, 0.6) is 11.5 Å². The highest BCUT2D eigenvalue weighted by atomic mass is 19.3. The third-order valence-corrected chi connectivity index (χ3v) is 3.75. The van der Waals surface area contributed by atoms with Crippen molar-refractivity contribution in [3.63, 3.8) is 0 Å². The van der Waals surface area contributed by atoms with Crippen LogP contribution in [0.2, 0.25) is 0 Å². The Morgan fingerprint density at radius 3 is 2.76 bits per heavy atom. The maximum absolute atomic E-state index is 12.5. The second kappa shape index (κ2) is 6.83. The summed E-state index contributed by atoms with van der Waals surface area (Å²) in [4.78, 5) is 27.8. The highest BCUT2D eigenvalue weighted by Crippen LogP contribution is 2.37. The van der Waals surface area contributed by atoms with Crippen LogP contribution >= 0.6 is 0 Å². The van der Waals surface area contributed by atoms with E-state index in [0.717, 1.165) is 12.6 Å². The Morgan fingerprint density at radius 1 is 1.40 bits per heavy atom. The third-order valence-electron chi connectivity index (χ3n) is 3.75. The molecule has 0 atom stereocenters. The number of hydrogen-bond donors (Lipinski definition) is 0. The molecule has 10 heteroatoms. The zero-order chi connectivity index (χ0) is 18.0. The van der Waals surface area contributed by atoms with Crippen molar-refractivity contribution in [3.05, 3.63) is 34.5 Å². The van der Waals surface area contributed by atoms with Gasteiger partial charge in [0.2, 0.25) is 5.75 Å². The normalized spacial score (nSPS) is 13.6. The van der Waals surface area contributed by atoms with Gasteiger partial charge in [-0.1, -0.05) is 6.07 Å². The molecule has 2 heterocycles. The molecule has 25 heavy (non-hydrogen) atoms. The Balaban J connectivity index is 1.98. The number of nitro groups is 1. The van der Waals surface area contributed by atoms with Gasteiger partial charge in [0.15, 0.2) is 12.4 Å². The molecule has 1 saturated heterocycles. The van der Waals surface area contributed by atoms with Crippen molar-refractivity contribution in [2.45, 2.75) is 13.0 Å². The number of carbonyl (C=O) groups is 1. The number of aromatic nitrogens is 1. The Hall–Kier alpha value is -3.04. The number of likely N-dealkylation sites (tertiary alicyclic amines) is 1. The van der Waals surface area contributed by atoms with Crippen molar-refractivity contribution >= 4 is 22.5 Å². The number of para-hydroxylation sites is 1. The molecule has 1 fully saturated rings. The molecule has 1 aromatic carbocycles. The minimum Gasteiger partial charge on any atom is -0.476 e. The van der Waals surface area contributed by atoms with Gasteiger partial charge in [-0.15, -0.1) is 0 Å². The fourth-order valence-electron chi connectivity index (χ4n) is 2.42. The second-order valence-electron chi connectivity index (χ2n) is 5.28. The summed E-state index contributed by atoms with van der Waals surface area (Å²) in [5.74, 6) is -0.740. The van der Waals surface area contributed by atoms with Gasteiger partial charge in [0.05, 0.1) is 10.3 Å². The Bertz CT molecular complexity index is 826. The minimum atomic E-state index is -3.07. The molecular weight excluding hydrogens is 340 g/mol. The van der Waals surface area contributed by atoms with E-state index in [4.69, 9.17) is 4.74 Å². The molecule has 3 rings (SSSR count). The van der Waals surface area contributed by atoms with E-state index in [0.29, 0.717) is 13.1 Å². The number of amides is 1. The molecular formula is C15H13F2N3O5. The van der Waals surface area contributed by atoms with Gasteiger partial charge in [0, 0.05) is 13.1 Å². The molecule has 0 bridgehead atoms. The molecule has 1 aliphatic heterocycles. The van der Waals surface area contributed by atoms with Crippen LogP contribution in [-0.4, -0.2) is 47.0 Å². The van der Waals surface area contributed by atoms with Crippen molar-refractivity contribution in [3.8, 4) is 11.5 Å². The van der Waals surface area contributed by atoms with Crippen LogP contribution in [-0.2, 0) is 4.79 Å². The van der Waals surface area contributed by atoms with E-state index in [1.165, 1.54) is 18.2 Å². The van der Waals surface area contributed by atoms with Crippen molar-refractivity contribution in [1.82, 2.24) is 9.88 Å². The number of benzene rings is 1. The number of rotatable bonds is 6. The maximum Gasteiger partial charge on any atom is 0.387 e. The molecule has 1 aliphatic rings. The van der Waals surface area contributed by atoms with Gasteiger partial charge in [-0.3, -0.25) is 14.9 Å². The Morgan fingerprint density at radius 2 is 2.16 bits per heavy atom. The van der Waals surface area contributed by atoms with Gasteiger partial charge < -0.3 is 14.4 Å². The largest absolute Gasteiger partial charge is 0.476 e. The van der Waals surface area contributed by atoms with E-state index in [1.807, 2.05) is 0 Å². The molecule has 0 radical (unpaired) electrons. The Kier molecular flexibility index (Phi) is 4.59. The fourth-order valence-corrected chi connectivity index (χ4v) is 2.42. The van der Waals surface area contributed by atoms with Crippen molar-refractivity contribution in [2.75, 3.05) is 19.7 Å². The highest BCUT2D eigenvalue weighted by Gasteiger charge is 2.25. The van der Waals surface area contributed by atoms with E-state index in [1.54, 1.807) is 4.90 Å². The number of alkyl halides is 2. The molecule has 8 nitrogen and oxygen atoms in total. The number of pyridine rings is 1. The smallest absolute Gasteiger partial charge is 0.387 e. The summed E-state index contributed by atoms with van der Waals surface area (Å²) in [5, 5.41) is 11.3. The molecule has 0 N–H and O–H groups in total. The number of hydrogen-bond acceptors (Lipinski definition) is 6. The fraction of sp³-hybridized carbons (Fsp3) is 0.333. The minimum absolute atomic E-state index is 0.0141. The molecule has 0 aliphatic carbocycles. The summed E-state index contributed by atoms with van der Waals surface area (Å²) in [7, 11) is 0. The van der Waals surface area contributed by atoms with Crippen LogP contribution < -0.4 is 9.47 Å². The monoisotopic (exact) mass is 353 g/mol. The number of ether oxygens (including phenoxy) is 2. The van der Waals surface area contributed by atoms with Gasteiger partial charge in [-0.25, -0.2) is 4.98 Å². The zero-order valence-corrected chi connectivity index (χ0v) is 12.9. The molecule has 0 spiro atoms. The number of fused-ring (bicyclic) bond motifs is 1. The topological polar surface area (TPSA) is 94.8 Å². The first-order valence-corrected chi connectivity index (χ1v) is 7.39. The van der Waals surface area contributed by atoms with Crippen LogP contribution in [0.25, 0.3) is 10.9 Å². The molecule has 0 unspecified atom stereocenters. The van der Waals surface area contributed by atoms with E-state index < -0.39 is 17.2 Å². The first-order valence-electron chi connectivity index (χ1n) is 7.39. The third kappa shape index (κ3) is 3.42. The molecule has 2 aromatic rings. The summed E-state index contributed by atoms with van der Waals surface area (Å²) >= 11 is 0. The van der Waals surface area contributed by atoms with Crippen LogP contribution in [0.4, 0.5) is 14.5 Å². The average Bonchev–Trinajstić information content (AvgIpc) is 2.50. The summed E-state index contributed by atoms with van der Waals surface area (Å²) in [6.07, 6.45) is 1.79. The van der Waals surface area contributed by atoms with Crippen LogP contribution in [0.15, 0.2) is 24.4 Å². The number of carbonyl (C=O) groups excluding carboxylic acids is 1. The van der Waals surface area contributed by atoms with Gasteiger partial charge in [0.25, 0.3) is 5.91 Å². The van der Waals surface area contributed by atoms with E-state index >= 15 is 0 Å². The lowest BCUT2D eigenvalue weighted by atomic mass is 10.1. The lowest BCUT2D eigenvalue weighted by molar-refractivity contribution is -0.386. The van der Waals surface area contributed by atoms with Gasteiger partial charge in [-0.05, 0) is 18.6 Å². The summed E-state index contributed by atoms with van der Waals surface area (Å²) in [5.41, 5.74) is -0.474. The van der Waals surface area contributed by atoms with Crippen LogP contribution in [0.3, 0.4) is 0 Å². The Labute approximate surface area is 140 Å². The lowest BCUT2D eigenvalue weighted by Crippen LogP contribution is -2.44. The SMILES string of the molecule is O=C(COc1c([N+](=O)[O-])cnc2c(OC(F)F)cccc12)N1CCC1. The van der Waals surface area contributed by atoms with E-state index in [2.05, 4.69) is 9.72 Å². The predicted octanol–water partition coefficient (Wildman–Crippen LogP) is 2.36. The van der Waals surface area contributed by atoms with Crippen LogP contribution in [0.1, 0.15) is 6.42 Å². The summed E-state index contributed by atoms with van der Waals surface area (Å²) < 4.78 is 34.8. The van der Waals surface area contributed by atoms with Gasteiger partial charge in [0.1, 0.15) is 11.7 Å². The van der Waals surface area contributed by atoms with Crippen molar-refractivity contribution < 1.29 is 28.0 Å². The molecule has 132 valence electrons. The van der Waals surface area contributed by atoms with Crippen LogP contribution in [0, 0.1) is 10.1 Å². The molecule has 1 aromatic heterocycles. The first kappa shape index (κ1) is 16.8. The summed E-state index contributed by atoms with van der Waals surface area (Å²) in [6, 6.07) is 4.08. The number of nitrogens with zero attached hydrogens (tertiary/aromatic N) is 3. The molecule has 1 amide bonds. The highest BCUT2D eigenvalue weighted by molar-refractivity contribution is 5.93. The zero-order valence-electron chi connectivity index (χ0n) is 12.9. The standard InChI is InChI=1S/C15H13F2N3O5/c16-15(17)25-11-4-1-3-9-13(11)18-7-10(20(22)23)14(9)24-8-12(21)19-5-2-6-19/h1,3-4,7,15H,2,5-6,8H2. The van der Waals surface area contributed by atoms with E-state index in [-0.39, 0.29) is 34.9 Å². The predicted molar refractivity (Wildman–Crippen MR) is 81.7 cm³/mol. The van der Waals surface area contributed by atoms with Crippen molar-refractivity contribution in [2.24, 2.45) is 0 Å². The molecule has 0 saturated carbocycles. The second-order valence-corrected chi connectivity index (χ2v) is 5.28. The maximum atomic E-state index is 12.5. The van der Waals surface area contributed by atoms with Gasteiger partial charge in [-0.2, -0.15) is 8.78 Å². The quantitative estimate of drug-likeness (QED) is 0.584. The van der Waals surface area contributed by atoms with Gasteiger partial charge >= 0.3 is 12.3 Å². The lowest BCUT2D eigenvalue weighted by Gasteiger charge is -2.30. The number of halogens is 2. The first-order chi connectivity index (χ1) is 12.0. The summed E-state index contributed by atoms with van der Waals surface area (Å²) in [6.45, 7) is -2.22. The van der Waals surface area contributed by atoms with E-state index in [9.17, 15) is 23.7 Å². The average molecular weight is 353 g/mol. The van der Waals surface area contributed by atoms with Crippen molar-refractivity contribution in [1.29, 1.82) is 0 Å².